The largest absolute Gasteiger partial charge is 0.360 e. The van der Waals surface area contributed by atoms with Gasteiger partial charge in [-0.1, -0.05) is 46.3 Å². The number of nitrogens with one attached hydrogen (secondary N) is 1. The highest BCUT2D eigenvalue weighted by molar-refractivity contribution is 9.10. The topological polar surface area (TPSA) is 56.1 Å². The number of hydrogen-bond donors (Lipinski definition) is 1. The van der Waals surface area contributed by atoms with E-state index in [2.05, 4.69) is 45.5 Å². The van der Waals surface area contributed by atoms with Crippen LogP contribution >= 0.6 is 15.9 Å². The molecule has 0 bridgehead atoms. The van der Waals surface area contributed by atoms with Gasteiger partial charge in [-0.05, 0) is 61.4 Å². The molecule has 0 atom stereocenters. The maximum atomic E-state index is 12.7. The number of nitrogens with zero attached hydrogens (tertiary/aromatic N) is 2. The quantitative estimate of drug-likeness (QED) is 0.525. The number of rotatable bonds is 5. The van der Waals surface area contributed by atoms with E-state index >= 15 is 0 Å². The standard InChI is InChI=1S/C23H24BrN3O/c1-17-13-21(7-8-22(17)24)26-16-20(15-25)23(28)27-11-9-19(10-12-27)14-18-5-3-2-4-6-18/h2-8,13,16,19,26H,9-12,14H2,1H3/b20-16-. The second-order valence-electron chi connectivity index (χ2n) is 7.20. The Morgan fingerprint density at radius 3 is 2.61 bits per heavy atom. The minimum Gasteiger partial charge on any atom is -0.360 e. The van der Waals surface area contributed by atoms with Crippen LogP contribution < -0.4 is 5.32 Å². The molecule has 1 saturated heterocycles. The van der Waals surface area contributed by atoms with Crippen LogP contribution in [-0.4, -0.2) is 23.9 Å². The van der Waals surface area contributed by atoms with Crippen LogP contribution in [0.25, 0.3) is 0 Å². The number of carbonyl (C=O) groups excluding carboxylic acids is 1. The van der Waals surface area contributed by atoms with Gasteiger partial charge in [-0.3, -0.25) is 4.79 Å². The van der Waals surface area contributed by atoms with Crippen molar-refractivity contribution in [2.45, 2.75) is 26.2 Å². The van der Waals surface area contributed by atoms with E-state index in [4.69, 9.17) is 0 Å². The van der Waals surface area contributed by atoms with Crippen LogP contribution in [0, 0.1) is 24.2 Å². The third-order valence-corrected chi connectivity index (χ3v) is 6.05. The third-order valence-electron chi connectivity index (χ3n) is 5.16. The van der Waals surface area contributed by atoms with Gasteiger partial charge in [-0.15, -0.1) is 0 Å². The molecule has 0 aromatic heterocycles. The number of likely N-dealkylation sites (tertiary alicyclic amines) is 1. The SMILES string of the molecule is Cc1cc(N/C=C(/C#N)C(=O)N2CCC(Cc3ccccc3)CC2)ccc1Br. The second-order valence-corrected chi connectivity index (χ2v) is 8.06. The molecule has 2 aromatic carbocycles. The summed E-state index contributed by atoms with van der Waals surface area (Å²) in [5.74, 6) is 0.395. The Morgan fingerprint density at radius 2 is 1.96 bits per heavy atom. The highest BCUT2D eigenvalue weighted by Crippen LogP contribution is 2.23. The lowest BCUT2D eigenvalue weighted by Crippen LogP contribution is -2.39. The van der Waals surface area contributed by atoms with Crippen LogP contribution in [0.2, 0.25) is 0 Å². The zero-order valence-corrected chi connectivity index (χ0v) is 17.6. The van der Waals surface area contributed by atoms with E-state index in [1.807, 2.05) is 37.3 Å². The summed E-state index contributed by atoms with van der Waals surface area (Å²) in [5, 5.41) is 12.5. The summed E-state index contributed by atoms with van der Waals surface area (Å²) in [6.45, 7) is 3.40. The Morgan fingerprint density at radius 1 is 1.25 bits per heavy atom. The van der Waals surface area contributed by atoms with Crippen LogP contribution in [0.15, 0.2) is 64.8 Å². The zero-order valence-electron chi connectivity index (χ0n) is 16.0. The number of amides is 1. The van der Waals surface area contributed by atoms with Gasteiger partial charge < -0.3 is 10.2 Å². The van der Waals surface area contributed by atoms with E-state index in [-0.39, 0.29) is 11.5 Å². The maximum Gasteiger partial charge on any atom is 0.266 e. The van der Waals surface area contributed by atoms with Gasteiger partial charge in [-0.2, -0.15) is 5.26 Å². The molecule has 0 saturated carbocycles. The summed E-state index contributed by atoms with van der Waals surface area (Å²) in [6, 6.07) is 18.3. The molecule has 144 valence electrons. The minimum atomic E-state index is -0.193. The fourth-order valence-electron chi connectivity index (χ4n) is 3.49. The monoisotopic (exact) mass is 437 g/mol. The van der Waals surface area contributed by atoms with Gasteiger partial charge in [0, 0.05) is 29.4 Å². The lowest BCUT2D eigenvalue weighted by molar-refractivity contribution is -0.128. The van der Waals surface area contributed by atoms with Crippen LogP contribution in [0.5, 0.6) is 0 Å². The van der Waals surface area contributed by atoms with Gasteiger partial charge in [-0.25, -0.2) is 0 Å². The van der Waals surface area contributed by atoms with Crippen molar-refractivity contribution in [2.75, 3.05) is 18.4 Å². The van der Waals surface area contributed by atoms with Crippen molar-refractivity contribution in [3.63, 3.8) is 0 Å². The molecular weight excluding hydrogens is 414 g/mol. The molecule has 0 radical (unpaired) electrons. The highest BCUT2D eigenvalue weighted by Gasteiger charge is 2.25. The van der Waals surface area contributed by atoms with Crippen molar-refractivity contribution in [2.24, 2.45) is 5.92 Å². The molecule has 3 rings (SSSR count). The highest BCUT2D eigenvalue weighted by atomic mass is 79.9. The van der Waals surface area contributed by atoms with E-state index in [0.717, 1.165) is 35.0 Å². The summed E-state index contributed by atoms with van der Waals surface area (Å²) in [7, 11) is 0. The number of anilines is 1. The first-order chi connectivity index (χ1) is 13.6. The number of aryl methyl sites for hydroxylation is 1. The summed E-state index contributed by atoms with van der Waals surface area (Å²) in [5.41, 5.74) is 3.42. The smallest absolute Gasteiger partial charge is 0.266 e. The van der Waals surface area contributed by atoms with E-state index in [1.165, 1.54) is 11.8 Å². The molecule has 1 amide bonds. The van der Waals surface area contributed by atoms with Crippen molar-refractivity contribution in [1.29, 1.82) is 5.26 Å². The molecule has 2 aromatic rings. The second kappa shape index (κ2) is 9.57. The Bertz CT molecular complexity index is 894. The summed E-state index contributed by atoms with van der Waals surface area (Å²) >= 11 is 3.47. The fraction of sp³-hybridized carbons (Fsp3) is 0.304. The van der Waals surface area contributed by atoms with Crippen LogP contribution in [0.4, 0.5) is 5.69 Å². The molecule has 4 nitrogen and oxygen atoms in total. The molecule has 1 heterocycles. The molecule has 1 N–H and O–H groups in total. The molecule has 0 aliphatic carbocycles. The van der Waals surface area contributed by atoms with Gasteiger partial charge in [0.1, 0.15) is 11.6 Å². The number of piperidine rings is 1. The lowest BCUT2D eigenvalue weighted by atomic mass is 9.90. The first-order valence-corrected chi connectivity index (χ1v) is 10.3. The first-order valence-electron chi connectivity index (χ1n) is 9.53. The average Bonchev–Trinajstić information content (AvgIpc) is 2.72. The molecule has 0 unspecified atom stereocenters. The van der Waals surface area contributed by atoms with Gasteiger partial charge in [0.05, 0.1) is 0 Å². The number of hydrogen-bond acceptors (Lipinski definition) is 3. The van der Waals surface area contributed by atoms with E-state index in [0.29, 0.717) is 19.0 Å². The van der Waals surface area contributed by atoms with Gasteiger partial charge in [0.15, 0.2) is 0 Å². The molecular formula is C23H24BrN3O. The molecule has 1 fully saturated rings. The normalized spacial score (nSPS) is 15.2. The van der Waals surface area contributed by atoms with Crippen LogP contribution in [-0.2, 0) is 11.2 Å². The minimum absolute atomic E-state index is 0.141. The Hall–Kier alpha value is -2.58. The molecule has 0 spiro atoms. The van der Waals surface area contributed by atoms with Crippen molar-refractivity contribution in [3.8, 4) is 6.07 Å². The number of benzene rings is 2. The summed E-state index contributed by atoms with van der Waals surface area (Å²) < 4.78 is 1.02. The fourth-order valence-corrected chi connectivity index (χ4v) is 3.74. The van der Waals surface area contributed by atoms with Crippen LogP contribution in [0.3, 0.4) is 0 Å². The van der Waals surface area contributed by atoms with Crippen molar-refractivity contribution in [1.82, 2.24) is 4.90 Å². The number of halogens is 1. The summed E-state index contributed by atoms with van der Waals surface area (Å²) in [4.78, 5) is 14.5. The molecule has 1 aliphatic heterocycles. The first kappa shape index (κ1) is 20.2. The number of nitriles is 1. The Labute approximate surface area is 175 Å². The Kier molecular flexibility index (Phi) is 6.89. The van der Waals surface area contributed by atoms with Crippen LogP contribution in [0.1, 0.15) is 24.0 Å². The lowest BCUT2D eigenvalue weighted by Gasteiger charge is -2.32. The molecule has 1 aliphatic rings. The van der Waals surface area contributed by atoms with Crippen molar-refractivity contribution >= 4 is 27.5 Å². The maximum absolute atomic E-state index is 12.7. The Balaban J connectivity index is 1.56. The zero-order chi connectivity index (χ0) is 19.9. The third kappa shape index (κ3) is 5.24. The predicted molar refractivity (Wildman–Crippen MR) is 116 cm³/mol. The molecule has 28 heavy (non-hydrogen) atoms. The van der Waals surface area contributed by atoms with Crippen molar-refractivity contribution in [3.05, 3.63) is 75.9 Å². The van der Waals surface area contributed by atoms with E-state index < -0.39 is 0 Å². The number of carbonyl (C=O) groups is 1. The predicted octanol–water partition coefficient (Wildman–Crippen LogP) is 5.06. The van der Waals surface area contributed by atoms with Crippen molar-refractivity contribution < 1.29 is 4.79 Å². The van der Waals surface area contributed by atoms with Gasteiger partial charge >= 0.3 is 0 Å². The van der Waals surface area contributed by atoms with Gasteiger partial charge in [0.25, 0.3) is 5.91 Å². The van der Waals surface area contributed by atoms with E-state index in [1.54, 1.807) is 4.90 Å². The van der Waals surface area contributed by atoms with E-state index in [9.17, 15) is 10.1 Å². The van der Waals surface area contributed by atoms with Gasteiger partial charge in [0.2, 0.25) is 0 Å². The average molecular weight is 438 g/mol. The molecule has 5 heteroatoms. The summed E-state index contributed by atoms with van der Waals surface area (Å²) in [6.07, 6.45) is 4.51.